The predicted molar refractivity (Wildman–Crippen MR) is 53.2 cm³/mol. The van der Waals surface area contributed by atoms with E-state index in [-0.39, 0.29) is 17.1 Å². The molecule has 0 bridgehead atoms. The molecule has 2 nitrogen and oxygen atoms in total. The molecule has 0 radical (unpaired) electrons. The largest absolute Gasteiger partial charge is 0.391 e. The third kappa shape index (κ3) is 5.56. The lowest BCUT2D eigenvalue weighted by molar-refractivity contribution is 0.0575. The Balaban J connectivity index is 3.80. The molecule has 0 spiro atoms. The molecular formula is C10H23NO. The summed E-state index contributed by atoms with van der Waals surface area (Å²) < 4.78 is 0. The van der Waals surface area contributed by atoms with E-state index in [1.807, 2.05) is 20.8 Å². The summed E-state index contributed by atoms with van der Waals surface area (Å²) in [5.74, 6) is 0. The highest BCUT2D eigenvalue weighted by molar-refractivity contribution is 4.79. The van der Waals surface area contributed by atoms with Gasteiger partial charge in [0.1, 0.15) is 0 Å². The molecule has 12 heavy (non-hydrogen) atoms. The first kappa shape index (κ1) is 11.9. The van der Waals surface area contributed by atoms with Crippen LogP contribution in [0.4, 0.5) is 0 Å². The number of aliphatic hydroxyl groups excluding tert-OH is 1. The van der Waals surface area contributed by atoms with Crippen LogP contribution in [-0.2, 0) is 0 Å². The van der Waals surface area contributed by atoms with Gasteiger partial charge in [-0.2, -0.15) is 0 Å². The summed E-state index contributed by atoms with van der Waals surface area (Å²) in [6.07, 6.45) is -0.281. The normalized spacial score (nSPS) is 16.2. The van der Waals surface area contributed by atoms with Crippen molar-refractivity contribution in [2.24, 2.45) is 5.41 Å². The Bertz CT molecular complexity index is 130. The first-order valence-corrected chi connectivity index (χ1v) is 4.56. The Labute approximate surface area is 76.4 Å². The zero-order valence-corrected chi connectivity index (χ0v) is 9.23. The highest BCUT2D eigenvalue weighted by Gasteiger charge is 2.23. The van der Waals surface area contributed by atoms with Gasteiger partial charge in [-0.3, -0.25) is 0 Å². The summed E-state index contributed by atoms with van der Waals surface area (Å²) >= 11 is 0. The van der Waals surface area contributed by atoms with Gasteiger partial charge in [0, 0.05) is 12.1 Å². The summed E-state index contributed by atoms with van der Waals surface area (Å²) in [4.78, 5) is 0. The van der Waals surface area contributed by atoms with Gasteiger partial charge in [-0.05, 0) is 26.2 Å². The van der Waals surface area contributed by atoms with E-state index in [0.717, 1.165) is 0 Å². The van der Waals surface area contributed by atoms with Crippen LogP contribution in [0.1, 0.15) is 41.5 Å². The molecule has 1 atom stereocenters. The van der Waals surface area contributed by atoms with Crippen LogP contribution in [0.3, 0.4) is 0 Å². The van der Waals surface area contributed by atoms with E-state index in [9.17, 15) is 5.11 Å². The van der Waals surface area contributed by atoms with Crippen molar-refractivity contribution in [1.82, 2.24) is 5.32 Å². The Kier molecular flexibility index (Phi) is 3.73. The molecule has 0 heterocycles. The fourth-order valence-corrected chi connectivity index (χ4v) is 0.709. The molecule has 0 rings (SSSR count). The molecule has 0 saturated heterocycles. The van der Waals surface area contributed by atoms with Crippen molar-refractivity contribution in [2.75, 3.05) is 6.54 Å². The standard InChI is InChI=1S/C10H23NO/c1-9(2,3)8(12)7-11-10(4,5)6/h8,11-12H,7H2,1-6H3. The fourth-order valence-electron chi connectivity index (χ4n) is 0.709. The van der Waals surface area contributed by atoms with Crippen LogP contribution < -0.4 is 5.32 Å². The summed E-state index contributed by atoms with van der Waals surface area (Å²) in [7, 11) is 0. The van der Waals surface area contributed by atoms with Crippen molar-refractivity contribution in [3.63, 3.8) is 0 Å². The summed E-state index contributed by atoms with van der Waals surface area (Å²) in [5.41, 5.74) is 0.0600. The van der Waals surface area contributed by atoms with E-state index in [0.29, 0.717) is 6.54 Å². The molecule has 2 heteroatoms. The minimum absolute atomic E-state index is 0.0295. The predicted octanol–water partition coefficient (Wildman–Crippen LogP) is 1.78. The molecule has 2 N–H and O–H groups in total. The second-order valence-corrected chi connectivity index (χ2v) is 5.51. The van der Waals surface area contributed by atoms with Crippen molar-refractivity contribution in [2.45, 2.75) is 53.2 Å². The van der Waals surface area contributed by atoms with Gasteiger partial charge in [-0.25, -0.2) is 0 Å². The third-order valence-electron chi connectivity index (χ3n) is 1.83. The molecule has 0 aromatic carbocycles. The van der Waals surface area contributed by atoms with E-state index >= 15 is 0 Å². The van der Waals surface area contributed by atoms with Crippen molar-refractivity contribution in [1.29, 1.82) is 0 Å². The third-order valence-corrected chi connectivity index (χ3v) is 1.83. The van der Waals surface area contributed by atoms with Gasteiger partial charge in [-0.15, -0.1) is 0 Å². The van der Waals surface area contributed by atoms with Crippen molar-refractivity contribution < 1.29 is 5.11 Å². The SMILES string of the molecule is CC(C)(C)NCC(O)C(C)(C)C. The van der Waals surface area contributed by atoms with Gasteiger partial charge in [-0.1, -0.05) is 20.8 Å². The highest BCUT2D eigenvalue weighted by atomic mass is 16.3. The van der Waals surface area contributed by atoms with Crippen LogP contribution in [0.2, 0.25) is 0 Å². The number of nitrogens with one attached hydrogen (secondary N) is 1. The van der Waals surface area contributed by atoms with Gasteiger partial charge in [0.2, 0.25) is 0 Å². The number of rotatable bonds is 2. The molecule has 74 valence electrons. The molecule has 0 fully saturated rings. The quantitative estimate of drug-likeness (QED) is 0.667. The first-order valence-electron chi connectivity index (χ1n) is 4.56. The van der Waals surface area contributed by atoms with Crippen LogP contribution in [0, 0.1) is 5.41 Å². The maximum atomic E-state index is 9.69. The van der Waals surface area contributed by atoms with Crippen molar-refractivity contribution in [3.05, 3.63) is 0 Å². The van der Waals surface area contributed by atoms with E-state index in [2.05, 4.69) is 26.1 Å². The maximum Gasteiger partial charge on any atom is 0.0712 e. The topological polar surface area (TPSA) is 32.3 Å². The Hall–Kier alpha value is -0.0800. The molecule has 0 aromatic heterocycles. The second kappa shape index (κ2) is 3.75. The molecule has 1 unspecified atom stereocenters. The smallest absolute Gasteiger partial charge is 0.0712 e. The summed E-state index contributed by atoms with van der Waals surface area (Å²) in [6, 6.07) is 0. The van der Waals surface area contributed by atoms with E-state index < -0.39 is 0 Å². The van der Waals surface area contributed by atoms with Crippen molar-refractivity contribution >= 4 is 0 Å². The lowest BCUT2D eigenvalue weighted by atomic mass is 9.89. The molecule has 0 aliphatic carbocycles. The zero-order valence-electron chi connectivity index (χ0n) is 9.23. The van der Waals surface area contributed by atoms with Gasteiger partial charge < -0.3 is 10.4 Å². The molecule has 0 aromatic rings. The van der Waals surface area contributed by atoms with Gasteiger partial charge in [0.25, 0.3) is 0 Å². The number of hydrogen-bond donors (Lipinski definition) is 2. The van der Waals surface area contributed by atoms with Crippen LogP contribution in [0.15, 0.2) is 0 Å². The fraction of sp³-hybridized carbons (Fsp3) is 1.00. The molecule has 0 aliphatic heterocycles. The number of hydrogen-bond acceptors (Lipinski definition) is 2. The lowest BCUT2D eigenvalue weighted by Gasteiger charge is -2.29. The molecule has 0 saturated carbocycles. The average Bonchev–Trinajstić information content (AvgIpc) is 1.78. The van der Waals surface area contributed by atoms with Crippen LogP contribution >= 0.6 is 0 Å². The average molecular weight is 173 g/mol. The first-order chi connectivity index (χ1) is 5.13. The van der Waals surface area contributed by atoms with Crippen LogP contribution in [0.5, 0.6) is 0 Å². The summed E-state index contributed by atoms with van der Waals surface area (Å²) in [5, 5.41) is 13.0. The van der Waals surface area contributed by atoms with Crippen molar-refractivity contribution in [3.8, 4) is 0 Å². The lowest BCUT2D eigenvalue weighted by Crippen LogP contribution is -2.44. The number of aliphatic hydroxyl groups is 1. The Morgan fingerprint density at radius 2 is 1.50 bits per heavy atom. The molecule has 0 aliphatic rings. The minimum atomic E-state index is -0.281. The minimum Gasteiger partial charge on any atom is -0.391 e. The van der Waals surface area contributed by atoms with Crippen LogP contribution in [0.25, 0.3) is 0 Å². The second-order valence-electron chi connectivity index (χ2n) is 5.51. The van der Waals surface area contributed by atoms with E-state index in [1.165, 1.54) is 0 Å². The van der Waals surface area contributed by atoms with Gasteiger partial charge >= 0.3 is 0 Å². The van der Waals surface area contributed by atoms with Gasteiger partial charge in [0.15, 0.2) is 0 Å². The zero-order chi connectivity index (χ0) is 9.99. The molecular weight excluding hydrogens is 150 g/mol. The number of β-amino-alcohol motifs (C(OH)–C–C–N with tert-alkyl or cyclic N) is 1. The monoisotopic (exact) mass is 173 g/mol. The van der Waals surface area contributed by atoms with Gasteiger partial charge in [0.05, 0.1) is 6.10 Å². The Morgan fingerprint density at radius 1 is 1.08 bits per heavy atom. The maximum absolute atomic E-state index is 9.69. The molecule has 0 amide bonds. The van der Waals surface area contributed by atoms with E-state index in [1.54, 1.807) is 0 Å². The highest BCUT2D eigenvalue weighted by Crippen LogP contribution is 2.18. The Morgan fingerprint density at radius 3 is 1.75 bits per heavy atom. The van der Waals surface area contributed by atoms with E-state index in [4.69, 9.17) is 0 Å². The van der Waals surface area contributed by atoms with Crippen LogP contribution in [-0.4, -0.2) is 23.3 Å². The summed E-state index contributed by atoms with van der Waals surface area (Å²) in [6.45, 7) is 13.1.